The molecule has 6 N–H and O–H groups in total. The molecule has 21 heavy (non-hydrogen) atoms. The predicted molar refractivity (Wildman–Crippen MR) is 82.6 cm³/mol. The molecule has 0 saturated heterocycles. The molecular weight excluding hydrogens is 270 g/mol. The van der Waals surface area contributed by atoms with Crippen LogP contribution >= 0.6 is 0 Å². The lowest BCUT2D eigenvalue weighted by Gasteiger charge is -2.12. The number of nitrogens with one attached hydrogen (secondary N) is 2. The van der Waals surface area contributed by atoms with Crippen molar-refractivity contribution < 1.29 is 10.2 Å². The SMILES string of the molecule is CC1N=C(N)NC(NCCc2ccc(O)c(O)c2)=NC1C. The van der Waals surface area contributed by atoms with E-state index in [1.807, 2.05) is 13.8 Å². The molecule has 1 aromatic carbocycles. The van der Waals surface area contributed by atoms with Gasteiger partial charge >= 0.3 is 0 Å². The van der Waals surface area contributed by atoms with Crippen LogP contribution in [0.15, 0.2) is 28.2 Å². The van der Waals surface area contributed by atoms with Crippen molar-refractivity contribution in [3.05, 3.63) is 23.8 Å². The van der Waals surface area contributed by atoms with Gasteiger partial charge in [-0.15, -0.1) is 0 Å². The van der Waals surface area contributed by atoms with Gasteiger partial charge in [-0.25, -0.2) is 9.98 Å². The first-order valence-corrected chi connectivity index (χ1v) is 6.88. The molecule has 0 aliphatic carbocycles. The number of aliphatic imine (C=N–C) groups is 2. The van der Waals surface area contributed by atoms with Gasteiger partial charge in [-0.05, 0) is 38.0 Å². The van der Waals surface area contributed by atoms with Crippen molar-refractivity contribution in [3.8, 4) is 11.5 Å². The van der Waals surface area contributed by atoms with Crippen LogP contribution < -0.4 is 16.4 Å². The second kappa shape index (κ2) is 6.34. The second-order valence-corrected chi connectivity index (χ2v) is 5.10. The summed E-state index contributed by atoms with van der Waals surface area (Å²) in [5, 5.41) is 24.8. The Hall–Kier alpha value is -2.44. The van der Waals surface area contributed by atoms with Crippen molar-refractivity contribution in [1.82, 2.24) is 10.6 Å². The van der Waals surface area contributed by atoms with Crippen LogP contribution in [0.1, 0.15) is 19.4 Å². The summed E-state index contributed by atoms with van der Waals surface area (Å²) in [6, 6.07) is 4.85. The van der Waals surface area contributed by atoms with Gasteiger partial charge in [0.1, 0.15) is 0 Å². The van der Waals surface area contributed by atoms with Gasteiger partial charge in [0.2, 0.25) is 0 Å². The fourth-order valence-electron chi connectivity index (χ4n) is 1.96. The van der Waals surface area contributed by atoms with E-state index in [2.05, 4.69) is 20.6 Å². The maximum atomic E-state index is 9.45. The quantitative estimate of drug-likeness (QED) is 0.513. The highest BCUT2D eigenvalue weighted by Gasteiger charge is 2.16. The van der Waals surface area contributed by atoms with Gasteiger partial charge < -0.3 is 21.3 Å². The minimum atomic E-state index is -0.117. The molecule has 1 aliphatic heterocycles. The fourth-order valence-corrected chi connectivity index (χ4v) is 1.96. The smallest absolute Gasteiger partial charge is 0.198 e. The lowest BCUT2D eigenvalue weighted by atomic mass is 10.1. The van der Waals surface area contributed by atoms with Crippen LogP contribution in [0.25, 0.3) is 0 Å². The van der Waals surface area contributed by atoms with Crippen LogP contribution in [0.5, 0.6) is 11.5 Å². The van der Waals surface area contributed by atoms with Crippen molar-refractivity contribution >= 4 is 11.9 Å². The highest BCUT2D eigenvalue weighted by atomic mass is 16.3. The van der Waals surface area contributed by atoms with Crippen LogP contribution in [0.3, 0.4) is 0 Å². The molecule has 7 heteroatoms. The molecule has 2 rings (SSSR count). The molecule has 1 aromatic rings. The minimum absolute atomic E-state index is 0.0332. The number of hydrogen-bond acceptors (Lipinski definition) is 7. The Bertz CT molecular complexity index is 570. The third-order valence-corrected chi connectivity index (χ3v) is 3.37. The molecule has 0 fully saturated rings. The van der Waals surface area contributed by atoms with Crippen molar-refractivity contribution in [3.63, 3.8) is 0 Å². The van der Waals surface area contributed by atoms with Gasteiger partial charge in [0, 0.05) is 6.54 Å². The third-order valence-electron chi connectivity index (χ3n) is 3.37. The van der Waals surface area contributed by atoms with Crippen LogP contribution in [0, 0.1) is 0 Å². The number of benzene rings is 1. The number of phenols is 2. The Morgan fingerprint density at radius 1 is 1.19 bits per heavy atom. The Kier molecular flexibility index (Phi) is 4.52. The number of hydrogen-bond donors (Lipinski definition) is 5. The lowest BCUT2D eigenvalue weighted by Crippen LogP contribution is -2.44. The lowest BCUT2D eigenvalue weighted by molar-refractivity contribution is 0.403. The largest absolute Gasteiger partial charge is 0.504 e. The number of guanidine groups is 2. The minimum Gasteiger partial charge on any atom is -0.504 e. The van der Waals surface area contributed by atoms with Crippen molar-refractivity contribution in [1.29, 1.82) is 0 Å². The summed E-state index contributed by atoms with van der Waals surface area (Å²) in [6.45, 7) is 4.56. The first-order chi connectivity index (χ1) is 9.95. The number of nitrogens with two attached hydrogens (primary N) is 1. The van der Waals surface area contributed by atoms with Gasteiger partial charge in [0.15, 0.2) is 23.4 Å². The molecule has 0 amide bonds. The molecule has 0 saturated carbocycles. The average molecular weight is 291 g/mol. The van der Waals surface area contributed by atoms with E-state index in [4.69, 9.17) is 5.73 Å². The van der Waals surface area contributed by atoms with Gasteiger partial charge in [-0.3, -0.25) is 5.32 Å². The second-order valence-electron chi connectivity index (χ2n) is 5.10. The van der Waals surface area contributed by atoms with E-state index in [9.17, 15) is 10.2 Å². The summed E-state index contributed by atoms with van der Waals surface area (Å²) < 4.78 is 0. The third kappa shape index (κ3) is 4.01. The Balaban J connectivity index is 1.92. The molecule has 114 valence electrons. The van der Waals surface area contributed by atoms with Crippen molar-refractivity contribution in [2.24, 2.45) is 15.7 Å². The first-order valence-electron chi connectivity index (χ1n) is 6.88. The molecular formula is C14H21N5O2. The predicted octanol–water partition coefficient (Wildman–Crippen LogP) is 0.281. The highest BCUT2D eigenvalue weighted by molar-refractivity contribution is 5.98. The Morgan fingerprint density at radius 2 is 1.90 bits per heavy atom. The van der Waals surface area contributed by atoms with Gasteiger partial charge in [-0.1, -0.05) is 6.07 Å². The summed E-state index contributed by atoms with van der Waals surface area (Å²) in [5.74, 6) is 0.709. The molecule has 2 unspecified atom stereocenters. The van der Waals surface area contributed by atoms with Crippen LogP contribution in [-0.2, 0) is 6.42 Å². The number of rotatable bonds is 3. The number of aromatic hydroxyl groups is 2. The monoisotopic (exact) mass is 291 g/mol. The zero-order valence-electron chi connectivity index (χ0n) is 12.2. The Morgan fingerprint density at radius 3 is 2.62 bits per heavy atom. The zero-order valence-corrected chi connectivity index (χ0v) is 12.2. The van der Waals surface area contributed by atoms with E-state index in [1.165, 1.54) is 6.07 Å². The van der Waals surface area contributed by atoms with Gasteiger partial charge in [0.25, 0.3) is 0 Å². The molecule has 0 spiro atoms. The maximum absolute atomic E-state index is 9.45. The van der Waals surface area contributed by atoms with E-state index in [-0.39, 0.29) is 23.6 Å². The summed E-state index contributed by atoms with van der Waals surface area (Å²) in [7, 11) is 0. The van der Waals surface area contributed by atoms with E-state index in [0.717, 1.165) is 5.56 Å². The summed E-state index contributed by atoms with van der Waals surface area (Å²) in [6.07, 6.45) is 0.676. The van der Waals surface area contributed by atoms with Crippen molar-refractivity contribution in [2.75, 3.05) is 6.54 Å². The molecule has 0 radical (unpaired) electrons. The summed E-state index contributed by atoms with van der Waals surface area (Å²) in [4.78, 5) is 8.74. The number of phenolic OH excluding ortho intramolecular Hbond substituents is 2. The van der Waals surface area contributed by atoms with E-state index >= 15 is 0 Å². The number of nitrogens with zero attached hydrogens (tertiary/aromatic N) is 2. The van der Waals surface area contributed by atoms with Gasteiger partial charge in [0.05, 0.1) is 12.1 Å². The Labute approximate surface area is 123 Å². The normalized spacial score (nSPS) is 21.8. The van der Waals surface area contributed by atoms with Crippen molar-refractivity contribution in [2.45, 2.75) is 32.4 Å². The first kappa shape index (κ1) is 15.0. The van der Waals surface area contributed by atoms with Gasteiger partial charge in [-0.2, -0.15) is 0 Å². The average Bonchev–Trinajstić information content (AvgIpc) is 2.53. The highest BCUT2D eigenvalue weighted by Crippen LogP contribution is 2.24. The summed E-state index contributed by atoms with van der Waals surface area (Å²) >= 11 is 0. The van der Waals surface area contributed by atoms with Crippen LogP contribution in [0.4, 0.5) is 0 Å². The molecule has 1 heterocycles. The molecule has 2 atom stereocenters. The molecule has 0 bridgehead atoms. The topological polar surface area (TPSA) is 115 Å². The molecule has 1 aliphatic rings. The zero-order chi connectivity index (χ0) is 15.4. The van der Waals surface area contributed by atoms with E-state index in [1.54, 1.807) is 12.1 Å². The van der Waals surface area contributed by atoms with Crippen LogP contribution in [-0.4, -0.2) is 40.8 Å². The van der Waals surface area contributed by atoms with E-state index in [0.29, 0.717) is 24.9 Å². The van der Waals surface area contributed by atoms with Crippen LogP contribution in [0.2, 0.25) is 0 Å². The van der Waals surface area contributed by atoms with E-state index < -0.39 is 0 Å². The standard InChI is InChI=1S/C14H21N5O2/c1-8-9(2)18-14(19-13(15)17-8)16-6-5-10-3-4-11(20)12(21)7-10/h3-4,7-9,20-21H,5-6H2,1-2H3,(H4,15,16,17,18,19). The summed E-state index contributed by atoms with van der Waals surface area (Å²) in [5.41, 5.74) is 6.67. The molecule has 7 nitrogen and oxygen atoms in total. The molecule has 0 aromatic heterocycles. The fraction of sp³-hybridized carbons (Fsp3) is 0.429. The maximum Gasteiger partial charge on any atom is 0.198 e.